The van der Waals surface area contributed by atoms with Crippen LogP contribution in [0.2, 0.25) is 0 Å². The monoisotopic (exact) mass is 538 g/mol. The van der Waals surface area contributed by atoms with E-state index in [1.807, 2.05) is 30.3 Å². The largest absolute Gasteiger partial charge is 0.497 e. The lowest BCUT2D eigenvalue weighted by atomic mass is 9.81. The van der Waals surface area contributed by atoms with E-state index >= 15 is 0 Å². The molecule has 1 fully saturated rings. The molecule has 5 rings (SSSR count). The molecule has 1 saturated carbocycles. The number of nitrogens with one attached hydrogen (secondary N) is 1. The van der Waals surface area contributed by atoms with Crippen molar-refractivity contribution in [3.63, 3.8) is 0 Å². The number of aliphatic carboxylic acids is 2. The summed E-state index contributed by atoms with van der Waals surface area (Å²) in [4.78, 5) is 22.6. The molecule has 1 aromatic heterocycles. The molecule has 1 unspecified atom stereocenters. The molecule has 0 bridgehead atoms. The normalized spacial score (nSPS) is 18.9. The number of carboxylic acids is 2. The van der Waals surface area contributed by atoms with E-state index in [0.29, 0.717) is 25.2 Å². The zero-order valence-electron chi connectivity index (χ0n) is 21.8. The lowest BCUT2D eigenvalue weighted by Crippen LogP contribution is -2.33. The molecule has 1 aliphatic heterocycles. The molecule has 2 aromatic carbocycles. The highest BCUT2D eigenvalue weighted by Gasteiger charge is 2.24. The summed E-state index contributed by atoms with van der Waals surface area (Å²) in [6.45, 7) is 2.07. The number of aliphatic hydroxyl groups is 1. The van der Waals surface area contributed by atoms with Gasteiger partial charge in [-0.2, -0.15) is 0 Å². The number of pyridine rings is 1. The SMILES string of the molecule is COc1ccc2nccc(C(O)CC3CCC(NCc4ccc5c(c4)OCCO5)CC3)c2c1.O=C(O)C(=O)O. The fraction of sp³-hybridized carbons (Fsp3) is 0.414. The van der Waals surface area contributed by atoms with E-state index in [1.54, 1.807) is 13.3 Å². The van der Waals surface area contributed by atoms with Crippen molar-refractivity contribution in [2.45, 2.75) is 50.8 Å². The molecule has 3 aromatic rings. The Morgan fingerprint density at radius 2 is 1.72 bits per heavy atom. The fourth-order valence-electron chi connectivity index (χ4n) is 5.07. The second-order valence-corrected chi connectivity index (χ2v) is 9.72. The van der Waals surface area contributed by atoms with E-state index in [0.717, 1.165) is 72.4 Å². The van der Waals surface area contributed by atoms with E-state index in [9.17, 15) is 5.11 Å². The Bertz CT molecular complexity index is 1280. The summed E-state index contributed by atoms with van der Waals surface area (Å²) in [5.41, 5.74) is 3.05. The van der Waals surface area contributed by atoms with Crippen molar-refractivity contribution < 1.29 is 39.1 Å². The van der Waals surface area contributed by atoms with Gasteiger partial charge in [-0.15, -0.1) is 0 Å². The van der Waals surface area contributed by atoms with Crippen LogP contribution in [0.25, 0.3) is 10.9 Å². The van der Waals surface area contributed by atoms with Crippen LogP contribution in [0.3, 0.4) is 0 Å². The van der Waals surface area contributed by atoms with Crippen molar-refractivity contribution in [2.75, 3.05) is 20.3 Å². The Balaban J connectivity index is 0.000000531. The minimum atomic E-state index is -1.82. The molecule has 0 amide bonds. The van der Waals surface area contributed by atoms with Gasteiger partial charge in [-0.1, -0.05) is 6.07 Å². The van der Waals surface area contributed by atoms with Crippen LogP contribution in [0, 0.1) is 5.92 Å². The minimum Gasteiger partial charge on any atom is -0.497 e. The molecular formula is C29H34N2O8. The summed E-state index contributed by atoms with van der Waals surface area (Å²) in [5.74, 6) is -0.649. The fourth-order valence-corrected chi connectivity index (χ4v) is 5.07. The minimum absolute atomic E-state index is 0.491. The third kappa shape index (κ3) is 7.58. The summed E-state index contributed by atoms with van der Waals surface area (Å²) in [6, 6.07) is 14.5. The van der Waals surface area contributed by atoms with Gasteiger partial charge in [-0.05, 0) is 85.5 Å². The van der Waals surface area contributed by atoms with Crippen molar-refractivity contribution in [3.05, 3.63) is 59.8 Å². The lowest BCUT2D eigenvalue weighted by Gasteiger charge is -2.30. The third-order valence-electron chi connectivity index (χ3n) is 7.13. The average molecular weight is 539 g/mol. The van der Waals surface area contributed by atoms with E-state index in [2.05, 4.69) is 22.4 Å². The van der Waals surface area contributed by atoms with Crippen LogP contribution < -0.4 is 19.5 Å². The number of benzene rings is 2. The zero-order valence-corrected chi connectivity index (χ0v) is 21.8. The number of hydrogen-bond donors (Lipinski definition) is 4. The lowest BCUT2D eigenvalue weighted by molar-refractivity contribution is -0.159. The quantitative estimate of drug-likeness (QED) is 0.326. The van der Waals surface area contributed by atoms with Gasteiger partial charge in [0.25, 0.3) is 0 Å². The zero-order chi connectivity index (χ0) is 27.8. The van der Waals surface area contributed by atoms with Crippen molar-refractivity contribution >= 4 is 22.8 Å². The number of carbonyl (C=O) groups is 2. The number of methoxy groups -OCH3 is 1. The molecule has 2 aliphatic rings. The van der Waals surface area contributed by atoms with Crippen LogP contribution in [-0.4, -0.2) is 58.6 Å². The number of carboxylic acid groups (broad SMARTS) is 2. The second kappa shape index (κ2) is 13.3. The summed E-state index contributed by atoms with van der Waals surface area (Å²) in [7, 11) is 1.66. The molecule has 1 atom stereocenters. The molecular weight excluding hydrogens is 504 g/mol. The van der Waals surface area contributed by atoms with E-state index in [1.165, 1.54) is 5.56 Å². The van der Waals surface area contributed by atoms with Crippen molar-refractivity contribution in [1.82, 2.24) is 10.3 Å². The summed E-state index contributed by atoms with van der Waals surface area (Å²) < 4.78 is 16.7. The Morgan fingerprint density at radius 1 is 1.00 bits per heavy atom. The summed E-state index contributed by atoms with van der Waals surface area (Å²) >= 11 is 0. The average Bonchev–Trinajstić information content (AvgIpc) is 2.96. The highest BCUT2D eigenvalue weighted by molar-refractivity contribution is 6.27. The Kier molecular flexibility index (Phi) is 9.56. The van der Waals surface area contributed by atoms with E-state index in [4.69, 9.17) is 34.0 Å². The summed E-state index contributed by atoms with van der Waals surface area (Å²) in [5, 5.41) is 30.5. The maximum atomic E-state index is 11.0. The Labute approximate surface area is 226 Å². The molecule has 4 N–H and O–H groups in total. The van der Waals surface area contributed by atoms with Gasteiger partial charge < -0.3 is 34.8 Å². The van der Waals surface area contributed by atoms with Crippen LogP contribution in [0.4, 0.5) is 0 Å². The number of aliphatic hydroxyl groups excluding tert-OH is 1. The highest BCUT2D eigenvalue weighted by Crippen LogP contribution is 2.35. The van der Waals surface area contributed by atoms with E-state index < -0.39 is 18.0 Å². The van der Waals surface area contributed by atoms with Crippen LogP contribution in [-0.2, 0) is 16.1 Å². The molecule has 39 heavy (non-hydrogen) atoms. The number of fused-ring (bicyclic) bond motifs is 2. The van der Waals surface area contributed by atoms with Gasteiger partial charge in [0.05, 0.1) is 18.7 Å². The molecule has 10 nitrogen and oxygen atoms in total. The molecule has 1 aliphatic carbocycles. The second-order valence-electron chi connectivity index (χ2n) is 9.72. The smallest absolute Gasteiger partial charge is 0.414 e. The first kappa shape index (κ1) is 28.1. The number of aromatic nitrogens is 1. The number of ether oxygens (including phenoxy) is 3. The van der Waals surface area contributed by atoms with Gasteiger partial charge in [-0.25, -0.2) is 9.59 Å². The van der Waals surface area contributed by atoms with E-state index in [-0.39, 0.29) is 0 Å². The molecule has 0 radical (unpaired) electrons. The van der Waals surface area contributed by atoms with Gasteiger partial charge in [0.15, 0.2) is 11.5 Å². The maximum Gasteiger partial charge on any atom is 0.414 e. The standard InChI is InChI=1S/C27H32N2O4.C2H2O4/c1-31-21-7-8-24-23(16-21)22(10-11-28-24)25(30)14-18-2-5-20(6-3-18)29-17-19-4-9-26-27(15-19)33-13-12-32-26;3-1(4)2(5)6/h4,7-11,15-16,18,20,25,29-30H,2-3,5-6,12-14,17H2,1H3;(H,3,4)(H,5,6). The number of rotatable bonds is 7. The maximum absolute atomic E-state index is 11.0. The first-order chi connectivity index (χ1) is 18.8. The molecule has 0 spiro atoms. The van der Waals surface area contributed by atoms with Crippen molar-refractivity contribution in [3.8, 4) is 17.2 Å². The molecule has 2 heterocycles. The first-order valence-electron chi connectivity index (χ1n) is 13.0. The summed E-state index contributed by atoms with van der Waals surface area (Å²) in [6.07, 6.45) is 6.59. The predicted octanol–water partition coefficient (Wildman–Crippen LogP) is 3.94. The third-order valence-corrected chi connectivity index (χ3v) is 7.13. The van der Waals surface area contributed by atoms with Crippen molar-refractivity contribution in [1.29, 1.82) is 0 Å². The van der Waals surface area contributed by atoms with Gasteiger partial charge in [0.1, 0.15) is 19.0 Å². The number of hydrogen-bond acceptors (Lipinski definition) is 8. The first-order valence-corrected chi connectivity index (χ1v) is 13.0. The van der Waals surface area contributed by atoms with Crippen LogP contribution >= 0.6 is 0 Å². The number of nitrogens with zero attached hydrogens (tertiary/aromatic N) is 1. The van der Waals surface area contributed by atoms with Crippen molar-refractivity contribution in [2.24, 2.45) is 5.92 Å². The van der Waals surface area contributed by atoms with Gasteiger partial charge in [0.2, 0.25) is 0 Å². The van der Waals surface area contributed by atoms with Crippen LogP contribution in [0.15, 0.2) is 48.7 Å². The van der Waals surface area contributed by atoms with Gasteiger partial charge in [0, 0.05) is 24.2 Å². The molecule has 10 heteroatoms. The Morgan fingerprint density at radius 3 is 2.41 bits per heavy atom. The van der Waals surface area contributed by atoms with Gasteiger partial charge in [-0.3, -0.25) is 4.98 Å². The molecule has 0 saturated heterocycles. The van der Waals surface area contributed by atoms with Crippen LogP contribution in [0.5, 0.6) is 17.2 Å². The molecule has 208 valence electrons. The highest BCUT2D eigenvalue weighted by atomic mass is 16.6. The topological polar surface area (TPSA) is 147 Å². The predicted molar refractivity (Wildman–Crippen MR) is 143 cm³/mol. The van der Waals surface area contributed by atoms with Gasteiger partial charge >= 0.3 is 11.9 Å². The van der Waals surface area contributed by atoms with Crippen LogP contribution in [0.1, 0.15) is 49.3 Å². The Hall–Kier alpha value is -3.89.